The molecule has 1 aliphatic rings. The second-order valence-electron chi connectivity index (χ2n) is 3.51. The number of carbonyl (C=O) groups excluding carboxylic acids is 1. The minimum absolute atomic E-state index is 0.0373. The summed E-state index contributed by atoms with van der Waals surface area (Å²) in [6.45, 7) is 2.19. The molecule has 0 bridgehead atoms. The Labute approximate surface area is 102 Å². The van der Waals surface area contributed by atoms with Gasteiger partial charge in [0.15, 0.2) is 5.43 Å². The molecule has 1 aromatic heterocycles. The van der Waals surface area contributed by atoms with Crippen molar-refractivity contribution in [3.63, 3.8) is 0 Å². The molecule has 5 heteroatoms. The van der Waals surface area contributed by atoms with Crippen molar-refractivity contribution >= 4 is 29.1 Å². The lowest BCUT2D eigenvalue weighted by Crippen LogP contribution is -2.27. The number of hydrogen-bond donors (Lipinski definition) is 0. The van der Waals surface area contributed by atoms with Gasteiger partial charge in [-0.1, -0.05) is 0 Å². The van der Waals surface area contributed by atoms with Gasteiger partial charge < -0.3 is 4.74 Å². The van der Waals surface area contributed by atoms with E-state index >= 15 is 0 Å². The average Bonchev–Trinajstić information content (AvgIpc) is 2.29. The molecule has 0 saturated carbocycles. The van der Waals surface area contributed by atoms with Crippen molar-refractivity contribution < 1.29 is 9.53 Å². The Kier molecular flexibility index (Phi) is 3.66. The van der Waals surface area contributed by atoms with Crippen LogP contribution in [0.25, 0.3) is 0 Å². The molecule has 86 valence electrons. The van der Waals surface area contributed by atoms with E-state index in [0.717, 1.165) is 9.77 Å². The highest BCUT2D eigenvalue weighted by molar-refractivity contribution is 8.01. The maximum atomic E-state index is 11.6. The van der Waals surface area contributed by atoms with E-state index in [-0.39, 0.29) is 17.3 Å². The number of rotatable bonds is 2. The fraction of sp³-hybridized carbons (Fsp3) is 0.455. The van der Waals surface area contributed by atoms with Crippen LogP contribution in [-0.2, 0) is 16.0 Å². The van der Waals surface area contributed by atoms with E-state index in [4.69, 9.17) is 4.74 Å². The standard InChI is InChI=1S/C11H12O3S2/c1-2-14-10(13)7-5-8-9(12)3-4-15-11(8)16-6-7/h3-4,7H,2,5-6H2,1H3. The van der Waals surface area contributed by atoms with Gasteiger partial charge in [0.25, 0.3) is 0 Å². The summed E-state index contributed by atoms with van der Waals surface area (Å²) in [7, 11) is 0. The molecule has 0 N–H and O–H groups in total. The summed E-state index contributed by atoms with van der Waals surface area (Å²) in [5.41, 5.74) is 0.817. The fourth-order valence-corrected chi connectivity index (χ4v) is 3.88. The topological polar surface area (TPSA) is 43.4 Å². The van der Waals surface area contributed by atoms with Crippen molar-refractivity contribution in [1.82, 2.24) is 0 Å². The predicted octanol–water partition coefficient (Wildman–Crippen LogP) is 1.94. The Morgan fingerprint density at radius 1 is 1.62 bits per heavy atom. The van der Waals surface area contributed by atoms with E-state index in [1.165, 1.54) is 0 Å². The molecule has 1 aliphatic heterocycles. The van der Waals surface area contributed by atoms with Gasteiger partial charge in [0.1, 0.15) is 0 Å². The summed E-state index contributed by atoms with van der Waals surface area (Å²) in [5.74, 6) is 0.361. The lowest BCUT2D eigenvalue weighted by atomic mass is 10.0. The van der Waals surface area contributed by atoms with Gasteiger partial charge in [0.05, 0.1) is 16.7 Å². The third-order valence-electron chi connectivity index (χ3n) is 2.42. The van der Waals surface area contributed by atoms with Crippen LogP contribution in [0, 0.1) is 5.92 Å². The van der Waals surface area contributed by atoms with Crippen molar-refractivity contribution in [1.29, 1.82) is 0 Å². The van der Waals surface area contributed by atoms with Crippen molar-refractivity contribution in [2.24, 2.45) is 5.92 Å². The molecular formula is C11H12O3S2. The lowest BCUT2D eigenvalue weighted by molar-refractivity contribution is -0.147. The van der Waals surface area contributed by atoms with Crippen LogP contribution in [0.2, 0.25) is 0 Å². The van der Waals surface area contributed by atoms with E-state index in [9.17, 15) is 9.59 Å². The maximum absolute atomic E-state index is 11.6. The molecule has 0 saturated heterocycles. The van der Waals surface area contributed by atoms with Crippen LogP contribution in [-0.4, -0.2) is 18.3 Å². The quantitative estimate of drug-likeness (QED) is 0.758. The smallest absolute Gasteiger partial charge is 0.310 e. The highest BCUT2D eigenvalue weighted by Crippen LogP contribution is 2.34. The molecule has 1 atom stereocenters. The summed E-state index contributed by atoms with van der Waals surface area (Å²) < 4.78 is 6.03. The van der Waals surface area contributed by atoms with Gasteiger partial charge in [-0.2, -0.15) is 0 Å². The van der Waals surface area contributed by atoms with Gasteiger partial charge in [-0.15, -0.1) is 23.1 Å². The molecule has 0 aromatic carbocycles. The highest BCUT2D eigenvalue weighted by Gasteiger charge is 2.27. The molecule has 0 radical (unpaired) electrons. The zero-order valence-electron chi connectivity index (χ0n) is 8.89. The fourth-order valence-electron chi connectivity index (χ4n) is 1.63. The van der Waals surface area contributed by atoms with E-state index in [2.05, 4.69) is 0 Å². The van der Waals surface area contributed by atoms with Gasteiger partial charge in [0.2, 0.25) is 0 Å². The van der Waals surface area contributed by atoms with E-state index < -0.39 is 0 Å². The minimum Gasteiger partial charge on any atom is -0.466 e. The van der Waals surface area contributed by atoms with E-state index in [1.54, 1.807) is 41.5 Å². The first-order valence-corrected chi connectivity index (χ1v) is 6.99. The first-order valence-electron chi connectivity index (χ1n) is 5.12. The van der Waals surface area contributed by atoms with Crippen molar-refractivity contribution in [2.75, 3.05) is 12.4 Å². The monoisotopic (exact) mass is 256 g/mol. The molecular weight excluding hydrogens is 244 g/mol. The van der Waals surface area contributed by atoms with Crippen LogP contribution in [0.15, 0.2) is 20.5 Å². The lowest BCUT2D eigenvalue weighted by Gasteiger charge is -2.20. The number of esters is 1. The van der Waals surface area contributed by atoms with Crippen LogP contribution in [0.1, 0.15) is 12.5 Å². The summed E-state index contributed by atoms with van der Waals surface area (Å²) >= 11 is 3.15. The summed E-state index contributed by atoms with van der Waals surface area (Å²) in [5, 5.41) is 1.80. The Bertz CT molecular complexity index is 453. The van der Waals surface area contributed by atoms with Crippen molar-refractivity contribution in [3.8, 4) is 0 Å². The molecule has 0 amide bonds. The van der Waals surface area contributed by atoms with Gasteiger partial charge in [-0.05, 0) is 24.8 Å². The number of hydrogen-bond acceptors (Lipinski definition) is 5. The van der Waals surface area contributed by atoms with Crippen molar-refractivity contribution in [3.05, 3.63) is 27.2 Å². The highest BCUT2D eigenvalue weighted by atomic mass is 32.2. The second kappa shape index (κ2) is 5.01. The van der Waals surface area contributed by atoms with Crippen LogP contribution in [0.3, 0.4) is 0 Å². The molecule has 3 nitrogen and oxygen atoms in total. The molecule has 1 unspecified atom stereocenters. The van der Waals surface area contributed by atoms with Crippen molar-refractivity contribution in [2.45, 2.75) is 17.6 Å². The molecule has 1 aromatic rings. The molecule has 2 rings (SSSR count). The maximum Gasteiger partial charge on any atom is 0.310 e. The Hall–Kier alpha value is -0.810. The molecule has 0 spiro atoms. The average molecular weight is 256 g/mol. The predicted molar refractivity (Wildman–Crippen MR) is 65.1 cm³/mol. The number of thioether (sulfide) groups is 1. The van der Waals surface area contributed by atoms with Crippen LogP contribution < -0.4 is 5.43 Å². The van der Waals surface area contributed by atoms with Gasteiger partial charge in [-0.25, -0.2) is 0 Å². The zero-order chi connectivity index (χ0) is 11.5. The summed E-state index contributed by atoms with van der Waals surface area (Å²) in [6.07, 6.45) is 0.525. The van der Waals surface area contributed by atoms with Gasteiger partial charge in [-0.3, -0.25) is 9.59 Å². The minimum atomic E-state index is -0.186. The van der Waals surface area contributed by atoms with E-state index in [1.807, 2.05) is 0 Å². The first-order chi connectivity index (χ1) is 7.72. The van der Waals surface area contributed by atoms with Crippen LogP contribution in [0.4, 0.5) is 0 Å². The van der Waals surface area contributed by atoms with Gasteiger partial charge >= 0.3 is 5.97 Å². The number of fused-ring (bicyclic) bond motifs is 1. The SMILES string of the molecule is CCOC(=O)C1CSc2sccc(=O)c2C1. The van der Waals surface area contributed by atoms with Gasteiger partial charge in [0, 0.05) is 11.3 Å². The summed E-state index contributed by atoms with van der Waals surface area (Å²) in [6, 6.07) is 1.57. The Balaban J connectivity index is 2.20. The zero-order valence-corrected chi connectivity index (χ0v) is 10.5. The second-order valence-corrected chi connectivity index (χ2v) is 5.72. The molecule has 0 aliphatic carbocycles. The van der Waals surface area contributed by atoms with E-state index in [0.29, 0.717) is 18.8 Å². The third kappa shape index (κ3) is 2.30. The van der Waals surface area contributed by atoms with Crippen LogP contribution >= 0.6 is 23.1 Å². The number of ether oxygens (including phenoxy) is 1. The number of carbonyl (C=O) groups is 1. The first kappa shape index (κ1) is 11.7. The molecule has 2 heterocycles. The van der Waals surface area contributed by atoms with Crippen LogP contribution in [0.5, 0.6) is 0 Å². The molecule has 0 fully saturated rings. The third-order valence-corrected chi connectivity index (χ3v) is 4.88. The Morgan fingerprint density at radius 2 is 2.44 bits per heavy atom. The Morgan fingerprint density at radius 3 is 3.19 bits per heavy atom. The largest absolute Gasteiger partial charge is 0.466 e. The summed E-state index contributed by atoms with van der Waals surface area (Å²) in [4.78, 5) is 23.2. The normalized spacial score (nSPS) is 18.9. The molecule has 16 heavy (non-hydrogen) atoms.